The van der Waals surface area contributed by atoms with E-state index in [2.05, 4.69) is 35.9 Å². The first-order valence-corrected chi connectivity index (χ1v) is 9.26. The zero-order valence-corrected chi connectivity index (χ0v) is 14.9. The second-order valence-corrected chi connectivity index (χ2v) is 7.91. The number of nitrogens with zero attached hydrogens (tertiary/aromatic N) is 2. The summed E-state index contributed by atoms with van der Waals surface area (Å²) < 4.78 is 28.3. The van der Waals surface area contributed by atoms with Gasteiger partial charge in [-0.2, -0.15) is 0 Å². The van der Waals surface area contributed by atoms with Gasteiger partial charge in [-0.3, -0.25) is 0 Å². The molecule has 0 aliphatic heterocycles. The first-order chi connectivity index (χ1) is 9.83. The van der Waals surface area contributed by atoms with Gasteiger partial charge in [-0.15, -0.1) is 11.3 Å². The predicted molar refractivity (Wildman–Crippen MR) is 87.1 cm³/mol. The van der Waals surface area contributed by atoms with E-state index in [-0.39, 0.29) is 4.90 Å². The lowest BCUT2D eigenvalue weighted by Gasteiger charge is -2.14. The van der Waals surface area contributed by atoms with E-state index in [1.165, 1.54) is 17.4 Å². The highest BCUT2D eigenvalue weighted by Crippen LogP contribution is 2.25. The molecule has 0 aromatic carbocycles. The van der Waals surface area contributed by atoms with Gasteiger partial charge in [0.2, 0.25) is 10.0 Å². The molecule has 0 saturated heterocycles. The van der Waals surface area contributed by atoms with Gasteiger partial charge in [-0.25, -0.2) is 23.1 Å². The Morgan fingerprint density at radius 3 is 2.71 bits per heavy atom. The first kappa shape index (κ1) is 16.3. The molecule has 114 valence electrons. The molecule has 0 fully saturated rings. The van der Waals surface area contributed by atoms with Crippen LogP contribution in [0.3, 0.4) is 0 Å². The van der Waals surface area contributed by atoms with Crippen LogP contribution in [0.2, 0.25) is 0 Å². The number of nitrogens with one attached hydrogen (secondary N) is 2. The summed E-state index contributed by atoms with van der Waals surface area (Å²) in [5.74, 6) is 0.299. The molecule has 9 heteroatoms. The number of hydrogen-bond acceptors (Lipinski definition) is 6. The Labute approximate surface area is 136 Å². The number of pyridine rings is 1. The van der Waals surface area contributed by atoms with Gasteiger partial charge in [-0.1, -0.05) is 0 Å². The van der Waals surface area contributed by atoms with Gasteiger partial charge in [0, 0.05) is 28.8 Å². The molecule has 2 aromatic heterocycles. The van der Waals surface area contributed by atoms with Gasteiger partial charge in [0.15, 0.2) is 0 Å². The number of halogens is 1. The number of aryl methyl sites for hydroxylation is 1. The van der Waals surface area contributed by atoms with Crippen molar-refractivity contribution >= 4 is 43.1 Å². The van der Waals surface area contributed by atoms with Crippen molar-refractivity contribution in [3.63, 3.8) is 0 Å². The summed E-state index contributed by atoms with van der Waals surface area (Å²) in [6.45, 7) is 3.64. The highest BCUT2D eigenvalue weighted by Gasteiger charge is 2.23. The van der Waals surface area contributed by atoms with Crippen LogP contribution in [0.25, 0.3) is 0 Å². The molecule has 2 aromatic rings. The fraction of sp³-hybridized carbons (Fsp3) is 0.333. The predicted octanol–water partition coefficient (Wildman–Crippen LogP) is 2.69. The minimum atomic E-state index is -3.70. The Morgan fingerprint density at radius 2 is 2.14 bits per heavy atom. The number of aromatic nitrogens is 2. The fourth-order valence-corrected chi connectivity index (χ4v) is 4.49. The summed E-state index contributed by atoms with van der Waals surface area (Å²) in [6.07, 6.45) is 1.54. The average molecular weight is 391 g/mol. The Morgan fingerprint density at radius 1 is 1.43 bits per heavy atom. The van der Waals surface area contributed by atoms with Crippen molar-refractivity contribution in [1.82, 2.24) is 14.7 Å². The quantitative estimate of drug-likeness (QED) is 0.819. The van der Waals surface area contributed by atoms with E-state index in [1.807, 2.05) is 12.3 Å². The van der Waals surface area contributed by atoms with Crippen molar-refractivity contribution in [3.8, 4) is 0 Å². The molecule has 1 atom stereocenters. The van der Waals surface area contributed by atoms with Crippen LogP contribution in [0.5, 0.6) is 0 Å². The molecule has 0 radical (unpaired) electrons. The zero-order valence-electron chi connectivity index (χ0n) is 11.7. The third-order valence-electron chi connectivity index (χ3n) is 2.68. The van der Waals surface area contributed by atoms with Gasteiger partial charge in [0.25, 0.3) is 0 Å². The van der Waals surface area contributed by atoms with Gasteiger partial charge >= 0.3 is 0 Å². The Kier molecular flexibility index (Phi) is 4.97. The highest BCUT2D eigenvalue weighted by atomic mass is 79.9. The summed E-state index contributed by atoms with van der Waals surface area (Å²) in [6, 6.07) is 1.11. The summed E-state index contributed by atoms with van der Waals surface area (Å²) in [5, 5.41) is 5.40. The Balaban J connectivity index is 2.32. The van der Waals surface area contributed by atoms with Gasteiger partial charge in [0.05, 0.1) is 6.04 Å². The largest absolute Gasteiger partial charge is 0.372 e. The van der Waals surface area contributed by atoms with Crippen LogP contribution in [0.4, 0.5) is 5.82 Å². The molecule has 0 amide bonds. The lowest BCUT2D eigenvalue weighted by atomic mass is 10.4. The molecule has 21 heavy (non-hydrogen) atoms. The first-order valence-electron chi connectivity index (χ1n) is 6.11. The number of sulfonamides is 1. The molecule has 0 saturated carbocycles. The lowest BCUT2D eigenvalue weighted by molar-refractivity contribution is 0.566. The van der Waals surface area contributed by atoms with Crippen LogP contribution >= 0.6 is 27.3 Å². The maximum atomic E-state index is 12.5. The fourth-order valence-electron chi connectivity index (χ4n) is 1.73. The summed E-state index contributed by atoms with van der Waals surface area (Å²) in [5.41, 5.74) is 0.876. The van der Waals surface area contributed by atoms with Crippen LogP contribution < -0.4 is 10.0 Å². The smallest absolute Gasteiger partial charge is 0.244 e. The van der Waals surface area contributed by atoms with Crippen LogP contribution in [0.1, 0.15) is 23.7 Å². The summed E-state index contributed by atoms with van der Waals surface area (Å²) >= 11 is 4.67. The highest BCUT2D eigenvalue weighted by molar-refractivity contribution is 9.10. The molecule has 0 aliphatic rings. The molecule has 0 aliphatic carbocycles. The van der Waals surface area contributed by atoms with Crippen LogP contribution in [0.15, 0.2) is 27.0 Å². The van der Waals surface area contributed by atoms with E-state index in [4.69, 9.17) is 0 Å². The molecule has 1 unspecified atom stereocenters. The molecule has 2 N–H and O–H groups in total. The summed E-state index contributed by atoms with van der Waals surface area (Å²) in [7, 11) is -2.07. The zero-order chi connectivity index (χ0) is 15.6. The Hall–Kier alpha value is -1.03. The van der Waals surface area contributed by atoms with Crippen molar-refractivity contribution in [1.29, 1.82) is 0 Å². The topological polar surface area (TPSA) is 84.0 Å². The van der Waals surface area contributed by atoms with Crippen molar-refractivity contribution < 1.29 is 8.42 Å². The number of anilines is 1. The van der Waals surface area contributed by atoms with Gasteiger partial charge in [0.1, 0.15) is 15.7 Å². The molecule has 0 bridgehead atoms. The second-order valence-electron chi connectivity index (χ2n) is 4.42. The third-order valence-corrected chi connectivity index (χ3v) is 5.82. The van der Waals surface area contributed by atoms with Crippen LogP contribution in [0, 0.1) is 6.92 Å². The van der Waals surface area contributed by atoms with Crippen molar-refractivity contribution in [2.75, 3.05) is 12.4 Å². The Bertz CT molecular complexity index is 745. The van der Waals surface area contributed by atoms with Gasteiger partial charge in [-0.05, 0) is 35.8 Å². The number of hydrogen-bond donors (Lipinski definition) is 2. The molecular weight excluding hydrogens is 376 g/mol. The monoisotopic (exact) mass is 390 g/mol. The third kappa shape index (κ3) is 3.79. The lowest BCUT2D eigenvalue weighted by Crippen LogP contribution is -2.27. The van der Waals surface area contributed by atoms with Crippen molar-refractivity contribution in [3.05, 3.63) is 32.8 Å². The number of thiazole rings is 1. The molecule has 2 heterocycles. The minimum Gasteiger partial charge on any atom is -0.372 e. The molecule has 6 nitrogen and oxygen atoms in total. The minimum absolute atomic E-state index is 0.0968. The van der Waals surface area contributed by atoms with Gasteiger partial charge < -0.3 is 5.32 Å². The number of rotatable bonds is 5. The standard InChI is InChI=1S/C12H15BrN4O2S2/c1-7-6-20-12(16-7)8(2)17-21(18,19)10-4-9(13)5-15-11(10)14-3/h4-6,8,17H,1-3H3,(H,14,15). The van der Waals surface area contributed by atoms with E-state index in [0.717, 1.165) is 10.7 Å². The average Bonchev–Trinajstić information content (AvgIpc) is 2.85. The van der Waals surface area contributed by atoms with E-state index < -0.39 is 16.1 Å². The van der Waals surface area contributed by atoms with Crippen LogP contribution in [-0.4, -0.2) is 25.4 Å². The normalized spacial score (nSPS) is 13.1. The van der Waals surface area contributed by atoms with E-state index in [9.17, 15) is 8.42 Å². The SMILES string of the molecule is CNc1ncc(Br)cc1S(=O)(=O)NC(C)c1nc(C)cs1. The van der Waals surface area contributed by atoms with E-state index >= 15 is 0 Å². The van der Waals surface area contributed by atoms with Crippen molar-refractivity contribution in [2.24, 2.45) is 0 Å². The molecule has 2 rings (SSSR count). The van der Waals surface area contributed by atoms with E-state index in [1.54, 1.807) is 20.2 Å². The molecular formula is C12H15BrN4O2S2. The molecule has 0 spiro atoms. The van der Waals surface area contributed by atoms with E-state index in [0.29, 0.717) is 10.3 Å². The van der Waals surface area contributed by atoms with Crippen LogP contribution in [-0.2, 0) is 10.0 Å². The maximum absolute atomic E-state index is 12.5. The maximum Gasteiger partial charge on any atom is 0.244 e. The summed E-state index contributed by atoms with van der Waals surface area (Å²) in [4.78, 5) is 8.45. The second kappa shape index (κ2) is 6.39. The van der Waals surface area contributed by atoms with Crippen molar-refractivity contribution in [2.45, 2.75) is 24.8 Å².